The first-order valence-electron chi connectivity index (χ1n) is 5.33. The SMILES string of the molecule is CSCC(C)N(C)c1cccc(Cl)c1C(=N)N. The molecule has 0 spiro atoms. The number of nitrogens with zero attached hydrogens (tertiary/aromatic N) is 1. The van der Waals surface area contributed by atoms with E-state index in [0.717, 1.165) is 11.4 Å². The van der Waals surface area contributed by atoms with Gasteiger partial charge in [0.05, 0.1) is 10.6 Å². The highest BCUT2D eigenvalue weighted by molar-refractivity contribution is 7.98. The second-order valence-electron chi connectivity index (χ2n) is 3.96. The largest absolute Gasteiger partial charge is 0.384 e. The van der Waals surface area contributed by atoms with Crippen LogP contribution in [0.2, 0.25) is 5.02 Å². The molecule has 94 valence electrons. The summed E-state index contributed by atoms with van der Waals surface area (Å²) in [6.45, 7) is 2.14. The zero-order valence-corrected chi connectivity index (χ0v) is 11.9. The molecule has 0 saturated heterocycles. The predicted molar refractivity (Wildman–Crippen MR) is 78.7 cm³/mol. The predicted octanol–water partition coefficient (Wildman–Crippen LogP) is 2.81. The van der Waals surface area contributed by atoms with E-state index in [-0.39, 0.29) is 5.84 Å². The van der Waals surface area contributed by atoms with Crippen molar-refractivity contribution >= 4 is 34.9 Å². The van der Waals surface area contributed by atoms with Crippen LogP contribution in [0, 0.1) is 5.41 Å². The number of nitrogens with two attached hydrogens (primary N) is 1. The molecule has 0 fully saturated rings. The second kappa shape index (κ2) is 6.17. The van der Waals surface area contributed by atoms with E-state index in [1.807, 2.05) is 19.2 Å². The van der Waals surface area contributed by atoms with Gasteiger partial charge in [0, 0.05) is 24.5 Å². The van der Waals surface area contributed by atoms with Gasteiger partial charge in [0.1, 0.15) is 5.84 Å². The third kappa shape index (κ3) is 3.30. The number of benzene rings is 1. The van der Waals surface area contributed by atoms with Crippen molar-refractivity contribution < 1.29 is 0 Å². The van der Waals surface area contributed by atoms with Crippen LogP contribution in [0.5, 0.6) is 0 Å². The van der Waals surface area contributed by atoms with Crippen LogP contribution in [0.25, 0.3) is 0 Å². The van der Waals surface area contributed by atoms with Gasteiger partial charge >= 0.3 is 0 Å². The molecular formula is C12H18ClN3S. The number of hydrogen-bond acceptors (Lipinski definition) is 3. The van der Waals surface area contributed by atoms with E-state index < -0.39 is 0 Å². The molecule has 1 unspecified atom stereocenters. The number of nitrogen functional groups attached to an aromatic ring is 1. The average molecular weight is 272 g/mol. The first kappa shape index (κ1) is 14.2. The highest BCUT2D eigenvalue weighted by atomic mass is 35.5. The molecule has 1 aromatic rings. The summed E-state index contributed by atoms with van der Waals surface area (Å²) in [5.74, 6) is 1.02. The van der Waals surface area contributed by atoms with Crippen molar-refractivity contribution in [3.8, 4) is 0 Å². The Morgan fingerprint density at radius 3 is 2.76 bits per heavy atom. The summed E-state index contributed by atoms with van der Waals surface area (Å²) in [6, 6.07) is 5.95. The van der Waals surface area contributed by atoms with Crippen LogP contribution in [-0.2, 0) is 0 Å². The average Bonchev–Trinajstić information content (AvgIpc) is 2.27. The number of thioether (sulfide) groups is 1. The maximum Gasteiger partial charge on any atom is 0.126 e. The van der Waals surface area contributed by atoms with Crippen molar-refractivity contribution in [3.63, 3.8) is 0 Å². The monoisotopic (exact) mass is 271 g/mol. The first-order valence-corrected chi connectivity index (χ1v) is 7.11. The van der Waals surface area contributed by atoms with Gasteiger partial charge in [0.2, 0.25) is 0 Å². The molecule has 0 bridgehead atoms. The molecule has 5 heteroatoms. The van der Waals surface area contributed by atoms with E-state index in [4.69, 9.17) is 22.7 Å². The van der Waals surface area contributed by atoms with Crippen LogP contribution in [-0.4, -0.2) is 30.9 Å². The van der Waals surface area contributed by atoms with Gasteiger partial charge < -0.3 is 10.6 Å². The number of hydrogen-bond donors (Lipinski definition) is 2. The van der Waals surface area contributed by atoms with Crippen molar-refractivity contribution in [1.82, 2.24) is 0 Å². The summed E-state index contributed by atoms with van der Waals surface area (Å²) in [7, 11) is 2.00. The molecule has 0 heterocycles. The van der Waals surface area contributed by atoms with Crippen molar-refractivity contribution in [2.75, 3.05) is 24.0 Å². The van der Waals surface area contributed by atoms with Crippen molar-refractivity contribution in [1.29, 1.82) is 5.41 Å². The molecule has 0 aliphatic rings. The van der Waals surface area contributed by atoms with E-state index in [1.54, 1.807) is 17.8 Å². The Morgan fingerprint density at radius 1 is 1.59 bits per heavy atom. The van der Waals surface area contributed by atoms with E-state index in [0.29, 0.717) is 16.6 Å². The van der Waals surface area contributed by atoms with E-state index >= 15 is 0 Å². The standard InChI is InChI=1S/C12H18ClN3S/c1-8(7-17-3)16(2)10-6-4-5-9(13)11(10)12(14)15/h4-6,8H,7H2,1-3H3,(H3,14,15). The quantitative estimate of drug-likeness (QED) is 0.640. The van der Waals surface area contributed by atoms with Crippen molar-refractivity contribution in [2.45, 2.75) is 13.0 Å². The zero-order valence-electron chi connectivity index (χ0n) is 10.3. The molecule has 3 N–H and O–H groups in total. The number of rotatable bonds is 5. The van der Waals surface area contributed by atoms with Gasteiger partial charge in [-0.2, -0.15) is 11.8 Å². The lowest BCUT2D eigenvalue weighted by atomic mass is 10.1. The second-order valence-corrected chi connectivity index (χ2v) is 5.28. The summed E-state index contributed by atoms with van der Waals surface area (Å²) < 4.78 is 0. The number of nitrogens with one attached hydrogen (secondary N) is 1. The molecule has 3 nitrogen and oxygen atoms in total. The van der Waals surface area contributed by atoms with Crippen molar-refractivity contribution in [2.24, 2.45) is 5.73 Å². The van der Waals surface area contributed by atoms with Gasteiger partial charge in [0.15, 0.2) is 0 Å². The van der Waals surface area contributed by atoms with Gasteiger partial charge in [0.25, 0.3) is 0 Å². The molecular weight excluding hydrogens is 254 g/mol. The highest BCUT2D eigenvalue weighted by Gasteiger charge is 2.16. The van der Waals surface area contributed by atoms with E-state index in [2.05, 4.69) is 18.1 Å². The minimum absolute atomic E-state index is 0.00815. The van der Waals surface area contributed by atoms with Gasteiger partial charge in [-0.25, -0.2) is 0 Å². The van der Waals surface area contributed by atoms with Crippen molar-refractivity contribution in [3.05, 3.63) is 28.8 Å². The molecule has 1 rings (SSSR count). The summed E-state index contributed by atoms with van der Waals surface area (Å²) in [4.78, 5) is 2.11. The van der Waals surface area contributed by atoms with Crippen LogP contribution < -0.4 is 10.6 Å². The van der Waals surface area contributed by atoms with Crippen LogP contribution in [0.15, 0.2) is 18.2 Å². The normalized spacial score (nSPS) is 12.2. The summed E-state index contributed by atoms with van der Waals surface area (Å²) in [6.07, 6.45) is 2.08. The molecule has 0 aliphatic heterocycles. The van der Waals surface area contributed by atoms with Gasteiger partial charge in [-0.1, -0.05) is 17.7 Å². The van der Waals surface area contributed by atoms with Crippen LogP contribution >= 0.6 is 23.4 Å². The van der Waals surface area contributed by atoms with E-state index in [1.165, 1.54) is 0 Å². The molecule has 17 heavy (non-hydrogen) atoms. The first-order chi connectivity index (χ1) is 7.99. The molecule has 1 aromatic carbocycles. The van der Waals surface area contributed by atoms with Gasteiger partial charge in [-0.05, 0) is 25.3 Å². The fourth-order valence-electron chi connectivity index (χ4n) is 1.66. The smallest absolute Gasteiger partial charge is 0.126 e. The number of anilines is 1. The Balaban J connectivity index is 3.13. The minimum Gasteiger partial charge on any atom is -0.384 e. The minimum atomic E-state index is 0.00815. The molecule has 0 aliphatic carbocycles. The lowest BCUT2D eigenvalue weighted by molar-refractivity contribution is 0.765. The topological polar surface area (TPSA) is 53.1 Å². The maximum atomic E-state index is 7.61. The molecule has 0 amide bonds. The summed E-state index contributed by atoms with van der Waals surface area (Å²) >= 11 is 7.89. The maximum absolute atomic E-state index is 7.61. The Hall–Kier alpha value is -0.870. The van der Waals surface area contributed by atoms with Gasteiger partial charge in [-0.3, -0.25) is 5.41 Å². The van der Waals surface area contributed by atoms with E-state index in [9.17, 15) is 0 Å². The summed E-state index contributed by atoms with van der Waals surface area (Å²) in [5.41, 5.74) is 7.12. The third-order valence-electron chi connectivity index (χ3n) is 2.71. The Morgan fingerprint density at radius 2 is 2.24 bits per heavy atom. The Labute approximate surface area is 112 Å². The molecule has 0 radical (unpaired) electrons. The van der Waals surface area contributed by atoms with Crippen LogP contribution in [0.4, 0.5) is 5.69 Å². The Bertz CT molecular complexity index is 409. The van der Waals surface area contributed by atoms with Crippen LogP contribution in [0.3, 0.4) is 0 Å². The number of halogens is 1. The molecule has 1 atom stereocenters. The number of amidine groups is 1. The third-order valence-corrected chi connectivity index (χ3v) is 3.84. The zero-order chi connectivity index (χ0) is 13.0. The lowest BCUT2D eigenvalue weighted by Gasteiger charge is -2.28. The summed E-state index contributed by atoms with van der Waals surface area (Å²) in [5, 5.41) is 8.14. The van der Waals surface area contributed by atoms with Gasteiger partial charge in [-0.15, -0.1) is 0 Å². The molecule has 0 saturated carbocycles. The lowest BCUT2D eigenvalue weighted by Crippen LogP contribution is -2.32. The fraction of sp³-hybridized carbons (Fsp3) is 0.417. The fourth-order valence-corrected chi connectivity index (χ4v) is 2.64. The highest BCUT2D eigenvalue weighted by Crippen LogP contribution is 2.28. The molecule has 0 aromatic heterocycles. The Kier molecular flexibility index (Phi) is 5.15. The van der Waals surface area contributed by atoms with Crippen LogP contribution in [0.1, 0.15) is 12.5 Å².